The van der Waals surface area contributed by atoms with Gasteiger partial charge in [0.15, 0.2) is 0 Å². The third kappa shape index (κ3) is 26.3. The van der Waals surface area contributed by atoms with E-state index in [9.17, 15) is 0 Å². The van der Waals surface area contributed by atoms with Crippen LogP contribution in [0.1, 0.15) is 282 Å². The Bertz CT molecular complexity index is 1350. The molecule has 2 heteroatoms. The molecule has 0 spiro atoms. The quantitative estimate of drug-likeness (QED) is 0.0471. The maximum atomic E-state index is 5.46. The molecule has 0 aliphatic heterocycles. The molecule has 2 nitrogen and oxygen atoms in total. The van der Waals surface area contributed by atoms with E-state index in [1.54, 1.807) is 0 Å². The van der Waals surface area contributed by atoms with Crippen molar-refractivity contribution in [2.24, 2.45) is 9.98 Å². The summed E-state index contributed by atoms with van der Waals surface area (Å²) in [5.74, 6) is 0. The maximum absolute atomic E-state index is 5.46. The van der Waals surface area contributed by atoms with Gasteiger partial charge in [0.1, 0.15) is 0 Å². The van der Waals surface area contributed by atoms with Gasteiger partial charge in [-0.05, 0) is 97.9 Å². The Balaban J connectivity index is 1.75. The fraction of sp³-hybridized carbons (Fsp3) is 0.759. The van der Waals surface area contributed by atoms with E-state index in [-0.39, 0.29) is 0 Å². The summed E-state index contributed by atoms with van der Waals surface area (Å²) in [5.41, 5.74) is 10.5. The van der Waals surface area contributed by atoms with Gasteiger partial charge in [-0.3, -0.25) is 9.98 Å². The summed E-state index contributed by atoms with van der Waals surface area (Å²) in [6, 6.07) is 13.8. The summed E-state index contributed by atoms with van der Waals surface area (Å²) in [7, 11) is 0. The van der Waals surface area contributed by atoms with E-state index in [2.05, 4.69) is 77.9 Å². The minimum atomic E-state index is 1.02. The summed E-state index contributed by atoms with van der Waals surface area (Å²) in [4.78, 5) is 10.9. The molecule has 0 aliphatic carbocycles. The molecule has 0 bridgehead atoms. The topological polar surface area (TPSA) is 24.7 Å². The van der Waals surface area contributed by atoms with Crippen molar-refractivity contribution in [3.63, 3.8) is 0 Å². The third-order valence-electron chi connectivity index (χ3n) is 13.3. The minimum absolute atomic E-state index is 1.02. The summed E-state index contributed by atoms with van der Waals surface area (Å²) in [6.45, 7) is 13.7. The second-order valence-electron chi connectivity index (χ2n) is 18.5. The fourth-order valence-electron chi connectivity index (χ4n) is 9.23. The molecular weight excluding hydrogens is 725 g/mol. The van der Waals surface area contributed by atoms with Gasteiger partial charge in [0.25, 0.3) is 0 Å². The second kappa shape index (κ2) is 38.5. The Labute approximate surface area is 375 Å². The number of hydrogen-bond donors (Lipinski definition) is 0. The molecule has 0 radical (unpaired) electrons. The molecule has 0 N–H and O–H groups in total. The zero-order chi connectivity index (χ0) is 43.1. The van der Waals surface area contributed by atoms with E-state index < -0.39 is 0 Å². The highest BCUT2D eigenvalue weighted by Crippen LogP contribution is 2.25. The molecule has 2 aromatic rings. The molecule has 0 saturated carbocycles. The number of hydrogen-bond acceptors (Lipinski definition) is 2. The molecule has 0 amide bonds. The highest BCUT2D eigenvalue weighted by atomic mass is 14.8. The maximum Gasteiger partial charge on any atom is 0.0636 e. The van der Waals surface area contributed by atoms with Crippen LogP contribution in [0.5, 0.6) is 0 Å². The van der Waals surface area contributed by atoms with E-state index in [0.717, 1.165) is 49.9 Å². The first-order valence-corrected chi connectivity index (χ1v) is 27.0. The van der Waals surface area contributed by atoms with Crippen molar-refractivity contribution < 1.29 is 0 Å². The largest absolute Gasteiger partial charge is 0.252 e. The molecule has 60 heavy (non-hydrogen) atoms. The average Bonchev–Trinajstić information content (AvgIpc) is 3.27. The van der Waals surface area contributed by atoms with Crippen LogP contribution in [0.15, 0.2) is 46.4 Å². The van der Waals surface area contributed by atoms with Gasteiger partial charge >= 0.3 is 0 Å². The van der Waals surface area contributed by atoms with Gasteiger partial charge in [-0.15, -0.1) is 0 Å². The second-order valence-corrected chi connectivity index (χ2v) is 18.5. The van der Waals surface area contributed by atoms with Crippen LogP contribution in [0.25, 0.3) is 0 Å². The zero-order valence-electron chi connectivity index (χ0n) is 41.2. The highest BCUT2D eigenvalue weighted by molar-refractivity contribution is 6.43. The lowest BCUT2D eigenvalue weighted by atomic mass is 9.98. The molecule has 342 valence electrons. The number of rotatable bonds is 41. The Morgan fingerprint density at radius 3 is 0.750 bits per heavy atom. The van der Waals surface area contributed by atoms with Crippen molar-refractivity contribution in [2.75, 3.05) is 0 Å². The van der Waals surface area contributed by atoms with Gasteiger partial charge < -0.3 is 0 Å². The summed E-state index contributed by atoms with van der Waals surface area (Å²) < 4.78 is 0. The molecule has 0 aliphatic rings. The number of aryl methyl sites for hydroxylation is 4. The first kappa shape index (κ1) is 53.9. The smallest absolute Gasteiger partial charge is 0.0636 e. The Hall–Kier alpha value is -2.22. The van der Waals surface area contributed by atoms with Crippen molar-refractivity contribution in [3.8, 4) is 0 Å². The molecule has 0 heterocycles. The van der Waals surface area contributed by atoms with Crippen LogP contribution < -0.4 is 0 Å². The van der Waals surface area contributed by atoms with Crippen molar-refractivity contribution in [1.82, 2.24) is 0 Å². The van der Waals surface area contributed by atoms with Crippen molar-refractivity contribution in [3.05, 3.63) is 58.7 Å². The van der Waals surface area contributed by atoms with Gasteiger partial charge in [0, 0.05) is 0 Å². The van der Waals surface area contributed by atoms with Crippen molar-refractivity contribution >= 4 is 22.8 Å². The number of aliphatic imine (C=N–C) groups is 2. The van der Waals surface area contributed by atoms with Gasteiger partial charge in [0.05, 0.1) is 22.8 Å². The molecule has 0 unspecified atom stereocenters. The summed E-state index contributed by atoms with van der Waals surface area (Å²) in [6.07, 6.45) is 51.4. The van der Waals surface area contributed by atoms with Crippen molar-refractivity contribution in [1.29, 1.82) is 0 Å². The number of benzene rings is 2. The molecular formula is C58H100N2. The van der Waals surface area contributed by atoms with Gasteiger partial charge in [-0.1, -0.05) is 246 Å². The fourth-order valence-corrected chi connectivity index (χ4v) is 9.23. The first-order valence-electron chi connectivity index (χ1n) is 27.0. The van der Waals surface area contributed by atoms with Crippen LogP contribution in [0.2, 0.25) is 0 Å². The summed E-state index contributed by atoms with van der Waals surface area (Å²) in [5, 5.41) is 0. The standard InChI is InChI=1S/C58H100N2/c1-7-13-15-17-19-20-21-22-23-24-25-26-27-28-29-30-31-32-33-34-35-36-37-38-40-42-44-58(60-56-48-46-52(10-4)54(12-6)50-56)57(43-41-39-18-16-14-8-2)59-55-47-45-51(9-3)53(11-5)49-55/h45-50H,7-44H2,1-6H3. The third-order valence-corrected chi connectivity index (χ3v) is 13.3. The van der Waals surface area contributed by atoms with Crippen molar-refractivity contribution in [2.45, 2.75) is 286 Å². The number of nitrogens with zero attached hydrogens (tertiary/aromatic N) is 2. The lowest BCUT2D eigenvalue weighted by molar-refractivity contribution is 0.515. The van der Waals surface area contributed by atoms with Crippen LogP contribution in [0, 0.1) is 0 Å². The van der Waals surface area contributed by atoms with E-state index >= 15 is 0 Å². The average molecular weight is 825 g/mol. The normalized spacial score (nSPS) is 12.2. The van der Waals surface area contributed by atoms with Crippen LogP contribution in [-0.2, 0) is 25.7 Å². The monoisotopic (exact) mass is 825 g/mol. The Morgan fingerprint density at radius 2 is 0.517 bits per heavy atom. The van der Waals surface area contributed by atoms with Crippen LogP contribution in [-0.4, -0.2) is 11.4 Å². The lowest BCUT2D eigenvalue weighted by Gasteiger charge is -2.14. The molecule has 2 aromatic carbocycles. The Kier molecular flexibility index (Phi) is 34.6. The highest BCUT2D eigenvalue weighted by Gasteiger charge is 2.13. The van der Waals surface area contributed by atoms with Crippen LogP contribution in [0.4, 0.5) is 11.4 Å². The molecule has 0 atom stereocenters. The SMILES string of the molecule is CCCCCCCCCCCCCCCCCCCCCCCCCCCCC(=Nc1ccc(CC)c(CC)c1)C(CCCCCCCC)=Nc1ccc(CC)c(CC)c1. The number of unbranched alkanes of at least 4 members (excludes halogenated alkanes) is 30. The minimum Gasteiger partial charge on any atom is -0.252 e. The van der Waals surface area contributed by atoms with Gasteiger partial charge in [-0.2, -0.15) is 0 Å². The van der Waals surface area contributed by atoms with E-state index in [0.29, 0.717) is 0 Å². The lowest BCUT2D eigenvalue weighted by Crippen LogP contribution is -2.14. The van der Waals surface area contributed by atoms with E-state index in [1.807, 2.05) is 0 Å². The molecule has 0 saturated heterocycles. The van der Waals surface area contributed by atoms with E-state index in [4.69, 9.17) is 9.98 Å². The first-order chi connectivity index (χ1) is 29.6. The predicted octanol–water partition coefficient (Wildman–Crippen LogP) is 20.1. The van der Waals surface area contributed by atoms with E-state index in [1.165, 1.54) is 239 Å². The molecule has 2 rings (SSSR count). The predicted molar refractivity (Wildman–Crippen MR) is 273 cm³/mol. The summed E-state index contributed by atoms with van der Waals surface area (Å²) >= 11 is 0. The van der Waals surface area contributed by atoms with Gasteiger partial charge in [0.2, 0.25) is 0 Å². The zero-order valence-corrected chi connectivity index (χ0v) is 41.2. The van der Waals surface area contributed by atoms with Gasteiger partial charge in [-0.25, -0.2) is 0 Å². The van der Waals surface area contributed by atoms with Crippen LogP contribution >= 0.6 is 0 Å². The molecule has 0 fully saturated rings. The van der Waals surface area contributed by atoms with Crippen LogP contribution in [0.3, 0.4) is 0 Å². The Morgan fingerprint density at radius 1 is 0.283 bits per heavy atom. The molecule has 0 aromatic heterocycles.